The first-order chi connectivity index (χ1) is 9.55. The quantitative estimate of drug-likeness (QED) is 0.897. The van der Waals surface area contributed by atoms with Gasteiger partial charge < -0.3 is 15.5 Å². The lowest BCUT2D eigenvalue weighted by atomic mass is 9.82. The Hall–Kier alpha value is -1.13. The molecule has 2 unspecified atom stereocenters. The van der Waals surface area contributed by atoms with E-state index in [-0.39, 0.29) is 11.4 Å². The number of piperidine rings is 1. The maximum atomic E-state index is 13.6. The van der Waals surface area contributed by atoms with E-state index in [1.54, 1.807) is 12.1 Å². The second-order valence-electron chi connectivity index (χ2n) is 6.39. The molecule has 2 atom stereocenters. The van der Waals surface area contributed by atoms with Gasteiger partial charge in [0, 0.05) is 31.4 Å². The molecule has 0 aromatic heterocycles. The van der Waals surface area contributed by atoms with Gasteiger partial charge in [0.05, 0.1) is 5.54 Å². The summed E-state index contributed by atoms with van der Waals surface area (Å²) in [6.45, 7) is 4.92. The highest BCUT2D eigenvalue weighted by Gasteiger charge is 2.43. The summed E-state index contributed by atoms with van der Waals surface area (Å²) >= 11 is 0. The van der Waals surface area contributed by atoms with Gasteiger partial charge in [0.15, 0.2) is 0 Å². The van der Waals surface area contributed by atoms with Gasteiger partial charge in [-0.15, -0.1) is 0 Å². The van der Waals surface area contributed by atoms with Crippen LogP contribution < -0.4 is 10.6 Å². The van der Waals surface area contributed by atoms with E-state index in [4.69, 9.17) is 5.73 Å². The summed E-state index contributed by atoms with van der Waals surface area (Å²) in [6, 6.07) is 5.69. The lowest BCUT2D eigenvalue weighted by molar-refractivity contribution is 0.130. The van der Waals surface area contributed by atoms with Gasteiger partial charge in [0.2, 0.25) is 0 Å². The normalized spacial score (nSPS) is 30.6. The molecule has 2 N–H and O–H groups in total. The van der Waals surface area contributed by atoms with Crippen LogP contribution in [0.4, 0.5) is 10.1 Å². The fourth-order valence-corrected chi connectivity index (χ4v) is 3.80. The molecule has 3 nitrogen and oxygen atoms in total. The Morgan fingerprint density at radius 3 is 2.90 bits per heavy atom. The van der Waals surface area contributed by atoms with Crippen LogP contribution in [0.5, 0.6) is 0 Å². The van der Waals surface area contributed by atoms with E-state index < -0.39 is 0 Å². The molecule has 1 saturated heterocycles. The van der Waals surface area contributed by atoms with E-state index in [1.807, 2.05) is 6.07 Å². The summed E-state index contributed by atoms with van der Waals surface area (Å²) in [5.74, 6) is -0.149. The molecule has 0 spiro atoms. The Morgan fingerprint density at radius 2 is 2.20 bits per heavy atom. The molecule has 1 aromatic carbocycles. The van der Waals surface area contributed by atoms with Crippen molar-refractivity contribution in [3.05, 3.63) is 29.6 Å². The molecule has 110 valence electrons. The van der Waals surface area contributed by atoms with Crippen molar-refractivity contribution < 1.29 is 4.39 Å². The fraction of sp³-hybridized carbons (Fsp3) is 0.625. The molecule has 0 saturated carbocycles. The third-order valence-electron chi connectivity index (χ3n) is 5.25. The van der Waals surface area contributed by atoms with Gasteiger partial charge in [-0.2, -0.15) is 0 Å². The van der Waals surface area contributed by atoms with Gasteiger partial charge in [0.25, 0.3) is 0 Å². The highest BCUT2D eigenvalue weighted by molar-refractivity contribution is 5.60. The monoisotopic (exact) mass is 277 g/mol. The van der Waals surface area contributed by atoms with E-state index in [1.165, 1.54) is 5.56 Å². The Balaban J connectivity index is 1.94. The van der Waals surface area contributed by atoms with Crippen molar-refractivity contribution in [2.75, 3.05) is 31.6 Å². The molecule has 2 aliphatic heterocycles. The zero-order valence-electron chi connectivity index (χ0n) is 12.4. The molecule has 2 aliphatic rings. The molecule has 1 aromatic rings. The Labute approximate surface area is 120 Å². The first-order valence-electron chi connectivity index (χ1n) is 7.52. The largest absolute Gasteiger partial charge is 0.364 e. The third kappa shape index (κ3) is 2.11. The first kappa shape index (κ1) is 13.8. The lowest BCUT2D eigenvalue weighted by Gasteiger charge is -2.50. The number of nitrogens with zero attached hydrogens (tertiary/aromatic N) is 2. The van der Waals surface area contributed by atoms with Gasteiger partial charge in [-0.1, -0.05) is 6.07 Å². The van der Waals surface area contributed by atoms with Gasteiger partial charge in [-0.05, 0) is 50.9 Å². The summed E-state index contributed by atoms with van der Waals surface area (Å²) in [5.41, 5.74) is 8.48. The molecule has 0 bridgehead atoms. The molecule has 2 heterocycles. The van der Waals surface area contributed by atoms with E-state index in [0.717, 1.165) is 38.0 Å². The SMILES string of the molecule is CC1CC(CN)(N2CCc3ccc(F)cc32)CCN1C. The number of anilines is 1. The third-order valence-corrected chi connectivity index (χ3v) is 5.25. The summed E-state index contributed by atoms with van der Waals surface area (Å²) in [7, 11) is 2.17. The number of halogens is 1. The minimum absolute atomic E-state index is 0.00896. The number of fused-ring (bicyclic) bond motifs is 1. The predicted molar refractivity (Wildman–Crippen MR) is 80.6 cm³/mol. The first-order valence-corrected chi connectivity index (χ1v) is 7.52. The summed E-state index contributed by atoms with van der Waals surface area (Å²) in [4.78, 5) is 4.77. The molecule has 0 radical (unpaired) electrons. The molecule has 0 amide bonds. The molecule has 3 rings (SSSR count). The summed E-state index contributed by atoms with van der Waals surface area (Å²) in [5, 5.41) is 0. The zero-order chi connectivity index (χ0) is 14.3. The molecular weight excluding hydrogens is 253 g/mol. The van der Waals surface area contributed by atoms with Gasteiger partial charge >= 0.3 is 0 Å². The van der Waals surface area contributed by atoms with E-state index >= 15 is 0 Å². The van der Waals surface area contributed by atoms with Crippen LogP contribution in [0, 0.1) is 5.82 Å². The molecule has 20 heavy (non-hydrogen) atoms. The van der Waals surface area contributed by atoms with Crippen molar-refractivity contribution >= 4 is 5.69 Å². The summed E-state index contributed by atoms with van der Waals surface area (Å²) in [6.07, 6.45) is 3.11. The Kier molecular flexibility index (Phi) is 3.46. The van der Waals surface area contributed by atoms with Crippen LogP contribution in [0.1, 0.15) is 25.3 Å². The van der Waals surface area contributed by atoms with Crippen molar-refractivity contribution in [3.8, 4) is 0 Å². The zero-order valence-corrected chi connectivity index (χ0v) is 12.4. The number of likely N-dealkylation sites (tertiary alicyclic amines) is 1. The van der Waals surface area contributed by atoms with Crippen LogP contribution in [0.2, 0.25) is 0 Å². The van der Waals surface area contributed by atoms with E-state index in [0.29, 0.717) is 12.6 Å². The molecule has 1 fully saturated rings. The van der Waals surface area contributed by atoms with Crippen LogP contribution in [0.25, 0.3) is 0 Å². The highest BCUT2D eigenvalue weighted by atomic mass is 19.1. The number of nitrogens with two attached hydrogens (primary N) is 1. The van der Waals surface area contributed by atoms with Gasteiger partial charge in [0.1, 0.15) is 5.82 Å². The smallest absolute Gasteiger partial charge is 0.125 e. The predicted octanol–water partition coefficient (Wildman–Crippen LogP) is 2.00. The van der Waals surface area contributed by atoms with Crippen molar-refractivity contribution in [2.45, 2.75) is 37.8 Å². The number of hydrogen-bond acceptors (Lipinski definition) is 3. The second-order valence-corrected chi connectivity index (χ2v) is 6.39. The average molecular weight is 277 g/mol. The van der Waals surface area contributed by atoms with Gasteiger partial charge in [-0.25, -0.2) is 4.39 Å². The van der Waals surface area contributed by atoms with Crippen LogP contribution in [0.15, 0.2) is 18.2 Å². The average Bonchev–Trinajstić information content (AvgIpc) is 2.85. The molecule has 0 aliphatic carbocycles. The van der Waals surface area contributed by atoms with Crippen LogP contribution in [-0.4, -0.2) is 43.2 Å². The van der Waals surface area contributed by atoms with Crippen LogP contribution in [0.3, 0.4) is 0 Å². The topological polar surface area (TPSA) is 32.5 Å². The Morgan fingerprint density at radius 1 is 1.40 bits per heavy atom. The standard InChI is InChI=1S/C16H24FN3/c1-12-10-16(11-18,6-8-19(12)2)20-7-5-13-3-4-14(17)9-15(13)20/h3-4,9,12H,5-8,10-11,18H2,1-2H3. The van der Waals surface area contributed by atoms with E-state index in [2.05, 4.69) is 23.8 Å². The van der Waals surface area contributed by atoms with Crippen molar-refractivity contribution in [2.24, 2.45) is 5.73 Å². The maximum absolute atomic E-state index is 13.6. The lowest BCUT2D eigenvalue weighted by Crippen LogP contribution is -2.61. The van der Waals surface area contributed by atoms with Crippen molar-refractivity contribution in [1.82, 2.24) is 4.90 Å². The van der Waals surface area contributed by atoms with Gasteiger partial charge in [-0.3, -0.25) is 0 Å². The van der Waals surface area contributed by atoms with E-state index in [9.17, 15) is 4.39 Å². The van der Waals surface area contributed by atoms with Crippen LogP contribution in [-0.2, 0) is 6.42 Å². The maximum Gasteiger partial charge on any atom is 0.125 e. The number of hydrogen-bond donors (Lipinski definition) is 1. The summed E-state index contributed by atoms with van der Waals surface area (Å²) < 4.78 is 13.6. The van der Waals surface area contributed by atoms with Crippen molar-refractivity contribution in [3.63, 3.8) is 0 Å². The fourth-order valence-electron chi connectivity index (χ4n) is 3.80. The molecule has 4 heteroatoms. The second kappa shape index (κ2) is 5.01. The Bertz CT molecular complexity index is 504. The van der Waals surface area contributed by atoms with Crippen molar-refractivity contribution in [1.29, 1.82) is 0 Å². The highest BCUT2D eigenvalue weighted by Crippen LogP contribution is 2.40. The van der Waals surface area contributed by atoms with Crippen LogP contribution >= 0.6 is 0 Å². The number of benzene rings is 1. The number of rotatable bonds is 2. The minimum atomic E-state index is -0.149. The minimum Gasteiger partial charge on any atom is -0.364 e. The molecular formula is C16H24FN3.